The highest BCUT2D eigenvalue weighted by Crippen LogP contribution is 2.21. The van der Waals surface area contributed by atoms with Gasteiger partial charge in [-0.25, -0.2) is 14.2 Å². The van der Waals surface area contributed by atoms with Gasteiger partial charge in [0.25, 0.3) is 0 Å². The number of nitrogen functional groups attached to an aromatic ring is 1. The molecule has 4 N–H and O–H groups in total. The Labute approximate surface area is 102 Å². The van der Waals surface area contributed by atoms with Crippen LogP contribution in [0.25, 0.3) is 0 Å². The van der Waals surface area contributed by atoms with E-state index < -0.39 is 5.97 Å². The van der Waals surface area contributed by atoms with Gasteiger partial charge in [-0.05, 0) is 24.3 Å². The summed E-state index contributed by atoms with van der Waals surface area (Å²) >= 11 is 0. The average Bonchev–Trinajstić information content (AvgIpc) is 2.31. The van der Waals surface area contributed by atoms with Crippen LogP contribution >= 0.6 is 0 Å². The van der Waals surface area contributed by atoms with Crippen molar-refractivity contribution in [2.45, 2.75) is 0 Å². The van der Waals surface area contributed by atoms with Crippen LogP contribution in [0.1, 0.15) is 10.4 Å². The molecule has 6 heteroatoms. The number of nitrogens with zero attached hydrogens (tertiary/aromatic N) is 1. The monoisotopic (exact) mass is 247 g/mol. The van der Waals surface area contributed by atoms with E-state index in [-0.39, 0.29) is 22.9 Å². The third-order valence-corrected chi connectivity index (χ3v) is 2.25. The smallest absolute Gasteiger partial charge is 0.337 e. The van der Waals surface area contributed by atoms with Crippen molar-refractivity contribution in [2.75, 3.05) is 11.1 Å². The van der Waals surface area contributed by atoms with Crippen LogP contribution in [0.2, 0.25) is 0 Å². The second-order valence-corrected chi connectivity index (χ2v) is 3.60. The highest BCUT2D eigenvalue weighted by atomic mass is 19.1. The number of aromatic nitrogens is 1. The molecule has 0 radical (unpaired) electrons. The molecule has 2 aromatic rings. The van der Waals surface area contributed by atoms with Crippen molar-refractivity contribution in [3.05, 3.63) is 47.9 Å². The fraction of sp³-hybridized carbons (Fsp3) is 0. The zero-order valence-corrected chi connectivity index (χ0v) is 9.22. The van der Waals surface area contributed by atoms with Crippen molar-refractivity contribution in [2.24, 2.45) is 0 Å². The van der Waals surface area contributed by atoms with Crippen LogP contribution in [0.5, 0.6) is 0 Å². The summed E-state index contributed by atoms with van der Waals surface area (Å²) in [4.78, 5) is 14.6. The lowest BCUT2D eigenvalue weighted by molar-refractivity contribution is 0.0696. The fourth-order valence-corrected chi connectivity index (χ4v) is 1.41. The van der Waals surface area contributed by atoms with E-state index in [2.05, 4.69) is 10.3 Å². The summed E-state index contributed by atoms with van der Waals surface area (Å²) in [6.45, 7) is 0. The van der Waals surface area contributed by atoms with Gasteiger partial charge in [-0.15, -0.1) is 0 Å². The van der Waals surface area contributed by atoms with E-state index in [4.69, 9.17) is 10.8 Å². The summed E-state index contributed by atoms with van der Waals surface area (Å²) < 4.78 is 13.0. The van der Waals surface area contributed by atoms with Gasteiger partial charge in [0.2, 0.25) is 0 Å². The molecule has 2 rings (SSSR count). The molecule has 0 aliphatic heterocycles. The molecule has 0 saturated heterocycles. The van der Waals surface area contributed by atoms with Crippen molar-refractivity contribution in [1.82, 2.24) is 4.98 Å². The van der Waals surface area contributed by atoms with Crippen LogP contribution in [0.3, 0.4) is 0 Å². The van der Waals surface area contributed by atoms with E-state index in [1.165, 1.54) is 24.4 Å². The van der Waals surface area contributed by atoms with E-state index in [9.17, 15) is 9.18 Å². The normalized spacial score (nSPS) is 10.1. The van der Waals surface area contributed by atoms with Gasteiger partial charge in [-0.3, -0.25) is 0 Å². The minimum atomic E-state index is -1.11. The van der Waals surface area contributed by atoms with Gasteiger partial charge < -0.3 is 16.2 Å². The Hall–Kier alpha value is -2.63. The first kappa shape index (κ1) is 11.8. The number of aromatic carboxylic acids is 1. The Morgan fingerprint density at radius 2 is 2.17 bits per heavy atom. The Balaban J connectivity index is 2.27. The lowest BCUT2D eigenvalue weighted by Crippen LogP contribution is -2.03. The van der Waals surface area contributed by atoms with Crippen molar-refractivity contribution >= 4 is 23.2 Å². The quantitative estimate of drug-likeness (QED) is 0.774. The third kappa shape index (κ3) is 2.54. The van der Waals surface area contributed by atoms with Crippen LogP contribution in [0.4, 0.5) is 21.6 Å². The summed E-state index contributed by atoms with van der Waals surface area (Å²) in [5.41, 5.74) is 6.32. The van der Waals surface area contributed by atoms with Gasteiger partial charge in [-0.2, -0.15) is 0 Å². The number of carboxylic acids is 1. The SMILES string of the molecule is Nc1cc(C(=O)O)cnc1Nc1cccc(F)c1. The van der Waals surface area contributed by atoms with Crippen LogP contribution in [0, 0.1) is 5.82 Å². The van der Waals surface area contributed by atoms with Gasteiger partial charge in [0.05, 0.1) is 11.3 Å². The minimum Gasteiger partial charge on any atom is -0.478 e. The third-order valence-electron chi connectivity index (χ3n) is 2.25. The molecule has 1 aromatic carbocycles. The number of rotatable bonds is 3. The molecule has 0 atom stereocenters. The first-order chi connectivity index (χ1) is 8.56. The van der Waals surface area contributed by atoms with Gasteiger partial charge in [0, 0.05) is 11.9 Å². The summed E-state index contributed by atoms with van der Waals surface area (Å²) in [6.07, 6.45) is 1.18. The van der Waals surface area contributed by atoms with Crippen molar-refractivity contribution in [3.8, 4) is 0 Å². The van der Waals surface area contributed by atoms with E-state index in [1.807, 2.05) is 0 Å². The van der Waals surface area contributed by atoms with Gasteiger partial charge in [-0.1, -0.05) is 6.07 Å². The minimum absolute atomic E-state index is 0.00251. The molecule has 0 aliphatic carbocycles. The number of benzene rings is 1. The predicted octanol–water partition coefficient (Wildman–Crippen LogP) is 2.24. The summed E-state index contributed by atoms with van der Waals surface area (Å²) in [6, 6.07) is 7.08. The number of halogens is 1. The molecule has 1 aromatic heterocycles. The van der Waals surface area contributed by atoms with E-state index in [0.29, 0.717) is 5.69 Å². The highest BCUT2D eigenvalue weighted by molar-refractivity contribution is 5.89. The number of carbonyl (C=O) groups is 1. The van der Waals surface area contributed by atoms with Crippen LogP contribution in [-0.2, 0) is 0 Å². The summed E-state index contributed by atoms with van der Waals surface area (Å²) in [7, 11) is 0. The number of carboxylic acid groups (broad SMARTS) is 1. The first-order valence-electron chi connectivity index (χ1n) is 5.07. The number of hydrogen-bond donors (Lipinski definition) is 3. The number of pyridine rings is 1. The van der Waals surface area contributed by atoms with Crippen molar-refractivity contribution in [3.63, 3.8) is 0 Å². The van der Waals surface area contributed by atoms with Crippen molar-refractivity contribution < 1.29 is 14.3 Å². The lowest BCUT2D eigenvalue weighted by atomic mass is 10.2. The molecular formula is C12H10FN3O2. The number of nitrogens with two attached hydrogens (primary N) is 1. The highest BCUT2D eigenvalue weighted by Gasteiger charge is 2.08. The second kappa shape index (κ2) is 4.70. The zero-order valence-electron chi connectivity index (χ0n) is 9.22. The van der Waals surface area contributed by atoms with Crippen LogP contribution in [0.15, 0.2) is 36.5 Å². The van der Waals surface area contributed by atoms with Gasteiger partial charge >= 0.3 is 5.97 Å². The van der Waals surface area contributed by atoms with Crippen molar-refractivity contribution in [1.29, 1.82) is 0 Å². The standard InChI is InChI=1S/C12H10FN3O2/c13-8-2-1-3-9(5-8)16-11-10(14)4-7(6-15-11)12(17)18/h1-6H,14H2,(H,15,16)(H,17,18). The molecule has 0 amide bonds. The molecule has 0 saturated carbocycles. The molecule has 5 nitrogen and oxygen atoms in total. The topological polar surface area (TPSA) is 88.2 Å². The Morgan fingerprint density at radius 1 is 1.39 bits per heavy atom. The maximum Gasteiger partial charge on any atom is 0.337 e. The molecule has 0 aliphatic rings. The molecule has 18 heavy (non-hydrogen) atoms. The summed E-state index contributed by atoms with van der Waals surface area (Å²) in [5, 5.41) is 11.6. The van der Waals surface area contributed by atoms with E-state index >= 15 is 0 Å². The first-order valence-corrected chi connectivity index (χ1v) is 5.07. The second-order valence-electron chi connectivity index (χ2n) is 3.60. The Bertz CT molecular complexity index is 602. The number of nitrogens with one attached hydrogen (secondary N) is 1. The van der Waals surface area contributed by atoms with E-state index in [0.717, 1.165) is 0 Å². The molecule has 1 heterocycles. The molecule has 0 unspecified atom stereocenters. The maximum absolute atomic E-state index is 13.0. The predicted molar refractivity (Wildman–Crippen MR) is 65.3 cm³/mol. The lowest BCUT2D eigenvalue weighted by Gasteiger charge is -2.08. The number of hydrogen-bond acceptors (Lipinski definition) is 4. The van der Waals surface area contributed by atoms with Crippen LogP contribution in [-0.4, -0.2) is 16.1 Å². The molecular weight excluding hydrogens is 237 g/mol. The molecule has 0 spiro atoms. The van der Waals surface area contributed by atoms with Gasteiger partial charge in [0.15, 0.2) is 5.82 Å². The average molecular weight is 247 g/mol. The van der Waals surface area contributed by atoms with E-state index in [1.54, 1.807) is 12.1 Å². The molecule has 0 fully saturated rings. The number of anilines is 3. The van der Waals surface area contributed by atoms with Crippen LogP contribution < -0.4 is 11.1 Å². The van der Waals surface area contributed by atoms with Gasteiger partial charge in [0.1, 0.15) is 5.82 Å². The zero-order chi connectivity index (χ0) is 13.1. The largest absolute Gasteiger partial charge is 0.478 e. The molecule has 92 valence electrons. The Kier molecular flexibility index (Phi) is 3.09. The summed E-state index contributed by atoms with van der Waals surface area (Å²) in [5.74, 6) is -1.21. The Morgan fingerprint density at radius 3 is 2.78 bits per heavy atom. The fourth-order valence-electron chi connectivity index (χ4n) is 1.41. The molecule has 0 bridgehead atoms. The maximum atomic E-state index is 13.0.